The third kappa shape index (κ3) is 4.16. The highest BCUT2D eigenvalue weighted by Crippen LogP contribution is 2.24. The van der Waals surface area contributed by atoms with E-state index >= 15 is 0 Å². The van der Waals surface area contributed by atoms with Gasteiger partial charge in [-0.3, -0.25) is 4.79 Å². The molecule has 7 heteroatoms. The number of amides is 1. The van der Waals surface area contributed by atoms with Crippen molar-refractivity contribution in [1.29, 1.82) is 0 Å². The Morgan fingerprint density at radius 2 is 1.83 bits per heavy atom. The Hall–Kier alpha value is -2.93. The second-order valence-corrected chi connectivity index (χ2v) is 8.77. The van der Waals surface area contributed by atoms with Gasteiger partial charge in [0, 0.05) is 55.7 Å². The van der Waals surface area contributed by atoms with Crippen molar-refractivity contribution in [2.75, 3.05) is 38.2 Å². The van der Waals surface area contributed by atoms with Crippen LogP contribution < -0.4 is 4.90 Å². The molecule has 3 heterocycles. The molecule has 30 heavy (non-hydrogen) atoms. The molecule has 0 atom stereocenters. The number of nitrogens with one attached hydrogen (secondary N) is 1. The number of benzene rings is 1. The molecule has 158 valence electrons. The lowest BCUT2D eigenvalue weighted by Gasteiger charge is -2.35. The Morgan fingerprint density at radius 1 is 1.10 bits per heavy atom. The average Bonchev–Trinajstić information content (AvgIpc) is 3.17. The first-order valence-corrected chi connectivity index (χ1v) is 10.3. The van der Waals surface area contributed by atoms with Gasteiger partial charge in [0.2, 0.25) is 0 Å². The zero-order valence-electron chi connectivity index (χ0n) is 18.1. The van der Waals surface area contributed by atoms with E-state index in [1.54, 1.807) is 7.11 Å². The fourth-order valence-corrected chi connectivity index (χ4v) is 3.70. The summed E-state index contributed by atoms with van der Waals surface area (Å²) < 4.78 is 5.30. The third-order valence-corrected chi connectivity index (χ3v) is 5.38. The highest BCUT2D eigenvalue weighted by Gasteiger charge is 2.26. The number of carbonyl (C=O) groups is 1. The predicted molar refractivity (Wildman–Crippen MR) is 118 cm³/mol. The number of hydrogen-bond donors (Lipinski definition) is 1. The summed E-state index contributed by atoms with van der Waals surface area (Å²) in [5.41, 5.74) is 2.36. The fourth-order valence-electron chi connectivity index (χ4n) is 3.70. The maximum Gasteiger partial charge on any atom is 0.270 e. The SMILES string of the molecule is COCc1cc(N2CCN(C(=O)c3cc4ccccc4[nH]3)CC2)nc(C(C)(C)C)n1. The van der Waals surface area contributed by atoms with E-state index < -0.39 is 0 Å². The van der Waals surface area contributed by atoms with Crippen LogP contribution >= 0.6 is 0 Å². The molecule has 1 aliphatic rings. The first-order valence-electron chi connectivity index (χ1n) is 10.3. The number of rotatable bonds is 4. The largest absolute Gasteiger partial charge is 0.378 e. The van der Waals surface area contributed by atoms with Crippen molar-refractivity contribution in [3.8, 4) is 0 Å². The van der Waals surface area contributed by atoms with Gasteiger partial charge in [0.1, 0.15) is 17.3 Å². The minimum atomic E-state index is -0.147. The first kappa shape index (κ1) is 20.3. The number of H-pyrrole nitrogens is 1. The highest BCUT2D eigenvalue weighted by molar-refractivity contribution is 5.98. The molecule has 2 aromatic heterocycles. The van der Waals surface area contributed by atoms with Crippen molar-refractivity contribution in [2.24, 2.45) is 0 Å². The lowest BCUT2D eigenvalue weighted by molar-refractivity contribution is 0.0741. The van der Waals surface area contributed by atoms with E-state index in [-0.39, 0.29) is 11.3 Å². The Labute approximate surface area is 177 Å². The normalized spacial score (nSPS) is 15.1. The quantitative estimate of drug-likeness (QED) is 0.718. The average molecular weight is 408 g/mol. The van der Waals surface area contributed by atoms with E-state index in [0.29, 0.717) is 25.4 Å². The van der Waals surface area contributed by atoms with Gasteiger partial charge in [-0.25, -0.2) is 9.97 Å². The van der Waals surface area contributed by atoms with Crippen molar-refractivity contribution in [3.05, 3.63) is 53.6 Å². The summed E-state index contributed by atoms with van der Waals surface area (Å²) in [5.74, 6) is 1.76. The highest BCUT2D eigenvalue weighted by atomic mass is 16.5. The molecule has 1 N–H and O–H groups in total. The van der Waals surface area contributed by atoms with Crippen LogP contribution in [-0.4, -0.2) is 59.0 Å². The van der Waals surface area contributed by atoms with E-state index in [1.807, 2.05) is 41.3 Å². The van der Waals surface area contributed by atoms with E-state index in [0.717, 1.165) is 41.3 Å². The van der Waals surface area contributed by atoms with Crippen LogP contribution in [0.2, 0.25) is 0 Å². The molecule has 0 saturated carbocycles. The number of aromatic amines is 1. The minimum absolute atomic E-state index is 0.0454. The number of aromatic nitrogens is 3. The molecule has 7 nitrogen and oxygen atoms in total. The van der Waals surface area contributed by atoms with Crippen LogP contribution in [0.1, 0.15) is 42.8 Å². The predicted octanol–water partition coefficient (Wildman–Crippen LogP) is 3.36. The van der Waals surface area contributed by atoms with Crippen molar-refractivity contribution in [1.82, 2.24) is 19.9 Å². The second kappa shape index (κ2) is 8.07. The molecule has 0 aliphatic carbocycles. The van der Waals surface area contributed by atoms with E-state index in [1.165, 1.54) is 0 Å². The standard InChI is InChI=1S/C23H29N5O2/c1-23(2,3)22-24-17(15-30-4)14-20(26-22)27-9-11-28(12-10-27)21(29)19-13-16-7-5-6-8-18(16)25-19/h5-8,13-14,25H,9-12,15H2,1-4H3. The Bertz CT molecular complexity index is 1010. The van der Waals surface area contributed by atoms with Crippen LogP contribution in [0.3, 0.4) is 0 Å². The number of piperazine rings is 1. The minimum Gasteiger partial charge on any atom is -0.378 e. The van der Waals surface area contributed by atoms with Crippen molar-refractivity contribution >= 4 is 22.6 Å². The van der Waals surface area contributed by atoms with Gasteiger partial charge in [0.05, 0.1) is 12.3 Å². The van der Waals surface area contributed by atoms with Crippen molar-refractivity contribution < 1.29 is 9.53 Å². The third-order valence-electron chi connectivity index (χ3n) is 5.38. The van der Waals surface area contributed by atoms with Crippen LogP contribution in [0.5, 0.6) is 0 Å². The number of hydrogen-bond acceptors (Lipinski definition) is 5. The number of anilines is 1. The van der Waals surface area contributed by atoms with Gasteiger partial charge in [-0.1, -0.05) is 39.0 Å². The Balaban J connectivity index is 1.48. The summed E-state index contributed by atoms with van der Waals surface area (Å²) in [7, 11) is 1.67. The molecule has 1 fully saturated rings. The summed E-state index contributed by atoms with van der Waals surface area (Å²) in [6.07, 6.45) is 0. The number of fused-ring (bicyclic) bond motifs is 1. The van der Waals surface area contributed by atoms with Crippen LogP contribution in [0.25, 0.3) is 10.9 Å². The molecular weight excluding hydrogens is 378 g/mol. The van der Waals surface area contributed by atoms with Gasteiger partial charge in [-0.15, -0.1) is 0 Å². The van der Waals surface area contributed by atoms with Gasteiger partial charge >= 0.3 is 0 Å². The van der Waals surface area contributed by atoms with Crippen LogP contribution in [-0.2, 0) is 16.8 Å². The molecule has 0 spiro atoms. The van der Waals surface area contributed by atoms with Crippen LogP contribution in [0, 0.1) is 0 Å². The smallest absolute Gasteiger partial charge is 0.270 e. The molecule has 4 rings (SSSR count). The maximum atomic E-state index is 13.0. The molecule has 0 radical (unpaired) electrons. The number of ether oxygens (including phenoxy) is 1. The van der Waals surface area contributed by atoms with E-state index in [2.05, 4.69) is 35.6 Å². The molecule has 1 amide bonds. The number of methoxy groups -OCH3 is 1. The number of para-hydroxylation sites is 1. The topological polar surface area (TPSA) is 74.3 Å². The van der Waals surface area contributed by atoms with Crippen molar-refractivity contribution in [2.45, 2.75) is 32.8 Å². The number of nitrogens with zero attached hydrogens (tertiary/aromatic N) is 4. The van der Waals surface area contributed by atoms with Crippen LogP contribution in [0.15, 0.2) is 36.4 Å². The molecule has 3 aromatic rings. The molecule has 1 saturated heterocycles. The van der Waals surface area contributed by atoms with Gasteiger partial charge in [0.25, 0.3) is 5.91 Å². The summed E-state index contributed by atoms with van der Waals surface area (Å²) >= 11 is 0. The molecular formula is C23H29N5O2. The molecule has 0 bridgehead atoms. The van der Waals surface area contributed by atoms with Gasteiger partial charge in [-0.05, 0) is 12.1 Å². The molecule has 0 unspecified atom stereocenters. The first-order chi connectivity index (χ1) is 14.3. The lowest BCUT2D eigenvalue weighted by atomic mass is 9.95. The zero-order chi connectivity index (χ0) is 21.3. The summed E-state index contributed by atoms with van der Waals surface area (Å²) in [5, 5.41) is 1.06. The van der Waals surface area contributed by atoms with E-state index in [9.17, 15) is 4.79 Å². The fraction of sp³-hybridized carbons (Fsp3) is 0.435. The van der Waals surface area contributed by atoms with Crippen LogP contribution in [0.4, 0.5) is 5.82 Å². The summed E-state index contributed by atoms with van der Waals surface area (Å²) in [6, 6.07) is 11.9. The second-order valence-electron chi connectivity index (χ2n) is 8.77. The number of carbonyl (C=O) groups excluding carboxylic acids is 1. The van der Waals surface area contributed by atoms with E-state index in [4.69, 9.17) is 9.72 Å². The summed E-state index contributed by atoms with van der Waals surface area (Å²) in [4.78, 5) is 29.8. The Morgan fingerprint density at radius 3 is 2.50 bits per heavy atom. The van der Waals surface area contributed by atoms with Gasteiger partial charge in [0.15, 0.2) is 0 Å². The molecule has 1 aromatic carbocycles. The molecule has 1 aliphatic heterocycles. The summed E-state index contributed by atoms with van der Waals surface area (Å²) in [6.45, 7) is 9.57. The van der Waals surface area contributed by atoms with Crippen molar-refractivity contribution in [3.63, 3.8) is 0 Å². The van der Waals surface area contributed by atoms with Gasteiger partial charge < -0.3 is 19.5 Å². The monoisotopic (exact) mass is 407 g/mol. The van der Waals surface area contributed by atoms with Gasteiger partial charge in [-0.2, -0.15) is 0 Å². The lowest BCUT2D eigenvalue weighted by Crippen LogP contribution is -2.49. The maximum absolute atomic E-state index is 13.0. The Kier molecular flexibility index (Phi) is 5.47. The zero-order valence-corrected chi connectivity index (χ0v) is 18.1.